The summed E-state index contributed by atoms with van der Waals surface area (Å²) in [6, 6.07) is 15.4. The molecule has 0 bridgehead atoms. The lowest BCUT2D eigenvalue weighted by atomic mass is 10.0. The number of aryl methyl sites for hydroxylation is 1. The number of para-hydroxylation sites is 2. The summed E-state index contributed by atoms with van der Waals surface area (Å²) in [6.07, 6.45) is 13.7. The second-order valence-corrected chi connectivity index (χ2v) is 7.09. The average Bonchev–Trinajstić information content (AvgIpc) is 3.00. The highest BCUT2D eigenvalue weighted by atomic mass is 14.7. The van der Waals surface area contributed by atoms with E-state index in [4.69, 9.17) is 0 Å². The lowest BCUT2D eigenvalue weighted by Gasteiger charge is -2.04. The second-order valence-electron chi connectivity index (χ2n) is 7.09. The van der Waals surface area contributed by atoms with Crippen LogP contribution in [0.25, 0.3) is 21.8 Å². The second kappa shape index (κ2) is 8.92. The summed E-state index contributed by atoms with van der Waals surface area (Å²) in [7, 11) is 0. The zero-order valence-corrected chi connectivity index (χ0v) is 15.1. The third kappa shape index (κ3) is 4.20. The molecule has 3 aromatic rings. The van der Waals surface area contributed by atoms with Gasteiger partial charge in [0.15, 0.2) is 0 Å². The summed E-state index contributed by atoms with van der Waals surface area (Å²) in [5, 5.41) is 2.72. The van der Waals surface area contributed by atoms with Crippen molar-refractivity contribution in [2.45, 2.75) is 71.1 Å². The molecule has 2 aromatic carbocycles. The molecule has 1 N–H and O–H groups in total. The molecule has 0 saturated heterocycles. The molecule has 1 aromatic heterocycles. The lowest BCUT2D eigenvalue weighted by Crippen LogP contribution is -1.88. The first-order valence-corrected chi connectivity index (χ1v) is 9.88. The molecule has 3 rings (SSSR count). The number of fused-ring (bicyclic) bond motifs is 3. The van der Waals surface area contributed by atoms with Gasteiger partial charge in [-0.05, 0) is 24.5 Å². The maximum absolute atomic E-state index is 3.63. The summed E-state index contributed by atoms with van der Waals surface area (Å²) in [5.41, 5.74) is 4.08. The fourth-order valence-electron chi connectivity index (χ4n) is 3.77. The van der Waals surface area contributed by atoms with E-state index >= 15 is 0 Å². The van der Waals surface area contributed by atoms with Crippen LogP contribution in [0.15, 0.2) is 42.5 Å². The maximum atomic E-state index is 3.63. The first-order chi connectivity index (χ1) is 11.9. The fraction of sp³-hybridized carbons (Fsp3) is 0.478. The molecule has 0 aliphatic heterocycles. The number of H-pyrrole nitrogens is 1. The third-order valence-electron chi connectivity index (χ3n) is 5.18. The SMILES string of the molecule is CCCCCCCCCCCc1cccc2c1[nH]c1ccccc12. The highest BCUT2D eigenvalue weighted by Crippen LogP contribution is 2.28. The van der Waals surface area contributed by atoms with Gasteiger partial charge in [0.1, 0.15) is 0 Å². The number of unbranched alkanes of at least 4 members (excludes halogenated alkanes) is 8. The first kappa shape index (κ1) is 17.1. The van der Waals surface area contributed by atoms with Crippen LogP contribution in [0.1, 0.15) is 70.3 Å². The number of benzene rings is 2. The predicted octanol–water partition coefficient (Wildman–Crippen LogP) is 7.39. The van der Waals surface area contributed by atoms with E-state index in [1.165, 1.54) is 91.6 Å². The summed E-state index contributed by atoms with van der Waals surface area (Å²) >= 11 is 0. The van der Waals surface area contributed by atoms with Gasteiger partial charge in [0.2, 0.25) is 0 Å². The van der Waals surface area contributed by atoms with E-state index in [-0.39, 0.29) is 0 Å². The molecule has 0 atom stereocenters. The van der Waals surface area contributed by atoms with Crippen LogP contribution in [0.3, 0.4) is 0 Å². The van der Waals surface area contributed by atoms with Crippen molar-refractivity contribution in [1.82, 2.24) is 4.98 Å². The summed E-state index contributed by atoms with van der Waals surface area (Å²) in [6.45, 7) is 2.29. The highest BCUT2D eigenvalue weighted by Gasteiger charge is 2.07. The summed E-state index contributed by atoms with van der Waals surface area (Å²) < 4.78 is 0. The largest absolute Gasteiger partial charge is 0.354 e. The van der Waals surface area contributed by atoms with Crippen LogP contribution >= 0.6 is 0 Å². The number of aromatic nitrogens is 1. The van der Waals surface area contributed by atoms with E-state index in [0.717, 1.165) is 0 Å². The quantitative estimate of drug-likeness (QED) is 0.374. The minimum absolute atomic E-state index is 1.19. The number of hydrogen-bond acceptors (Lipinski definition) is 0. The van der Waals surface area contributed by atoms with E-state index in [0.29, 0.717) is 0 Å². The molecule has 0 aliphatic rings. The molecule has 1 heterocycles. The Morgan fingerprint density at radius 3 is 2.12 bits per heavy atom. The molecule has 0 amide bonds. The molecular weight excluding hydrogens is 290 g/mol. The predicted molar refractivity (Wildman–Crippen MR) is 107 cm³/mol. The van der Waals surface area contributed by atoms with E-state index in [2.05, 4.69) is 54.4 Å². The molecule has 0 fully saturated rings. The summed E-state index contributed by atoms with van der Waals surface area (Å²) in [5.74, 6) is 0. The number of aromatic amines is 1. The Morgan fingerprint density at radius 1 is 0.667 bits per heavy atom. The Bertz CT molecular complexity index is 753. The zero-order chi connectivity index (χ0) is 16.6. The van der Waals surface area contributed by atoms with E-state index < -0.39 is 0 Å². The molecule has 0 spiro atoms. The lowest BCUT2D eigenvalue weighted by molar-refractivity contribution is 0.565. The monoisotopic (exact) mass is 321 g/mol. The van der Waals surface area contributed by atoms with Crippen molar-refractivity contribution in [1.29, 1.82) is 0 Å². The van der Waals surface area contributed by atoms with Crippen molar-refractivity contribution in [2.75, 3.05) is 0 Å². The van der Waals surface area contributed by atoms with Crippen LogP contribution < -0.4 is 0 Å². The Kier molecular flexibility index (Phi) is 6.34. The minimum atomic E-state index is 1.19. The number of nitrogens with one attached hydrogen (secondary N) is 1. The molecule has 0 unspecified atom stereocenters. The smallest absolute Gasteiger partial charge is 0.0497 e. The van der Waals surface area contributed by atoms with Crippen molar-refractivity contribution in [2.24, 2.45) is 0 Å². The van der Waals surface area contributed by atoms with Crippen molar-refractivity contribution in [3.63, 3.8) is 0 Å². The standard InChI is InChI=1S/C23H31N/c1-2-3-4-5-6-7-8-9-10-14-19-15-13-17-21-20-16-11-12-18-22(20)24-23(19)21/h11-13,15-18,24H,2-10,14H2,1H3. The van der Waals surface area contributed by atoms with Crippen LogP contribution in [0.4, 0.5) is 0 Å². The molecule has 0 saturated carbocycles. The van der Waals surface area contributed by atoms with Gasteiger partial charge in [-0.3, -0.25) is 0 Å². The van der Waals surface area contributed by atoms with Gasteiger partial charge < -0.3 is 4.98 Å². The van der Waals surface area contributed by atoms with Gasteiger partial charge in [-0.15, -0.1) is 0 Å². The summed E-state index contributed by atoms with van der Waals surface area (Å²) in [4.78, 5) is 3.63. The Morgan fingerprint density at radius 2 is 1.33 bits per heavy atom. The van der Waals surface area contributed by atoms with Crippen molar-refractivity contribution < 1.29 is 0 Å². The van der Waals surface area contributed by atoms with E-state index in [9.17, 15) is 0 Å². The molecule has 1 nitrogen and oxygen atoms in total. The minimum Gasteiger partial charge on any atom is -0.354 e. The van der Waals surface area contributed by atoms with Gasteiger partial charge in [0, 0.05) is 21.8 Å². The molecule has 0 radical (unpaired) electrons. The van der Waals surface area contributed by atoms with Gasteiger partial charge in [-0.2, -0.15) is 0 Å². The topological polar surface area (TPSA) is 15.8 Å². The van der Waals surface area contributed by atoms with Gasteiger partial charge in [-0.25, -0.2) is 0 Å². The molecule has 24 heavy (non-hydrogen) atoms. The van der Waals surface area contributed by atoms with E-state index in [1.807, 2.05) is 0 Å². The average molecular weight is 322 g/mol. The van der Waals surface area contributed by atoms with E-state index in [1.54, 1.807) is 0 Å². The van der Waals surface area contributed by atoms with Gasteiger partial charge in [0.05, 0.1) is 0 Å². The van der Waals surface area contributed by atoms with Crippen molar-refractivity contribution in [3.8, 4) is 0 Å². The van der Waals surface area contributed by atoms with Crippen LogP contribution in [0.5, 0.6) is 0 Å². The Hall–Kier alpha value is -1.76. The van der Waals surface area contributed by atoms with Gasteiger partial charge in [0.25, 0.3) is 0 Å². The maximum Gasteiger partial charge on any atom is 0.0497 e. The van der Waals surface area contributed by atoms with Crippen molar-refractivity contribution >= 4 is 21.8 Å². The third-order valence-corrected chi connectivity index (χ3v) is 5.18. The molecule has 128 valence electrons. The van der Waals surface area contributed by atoms with Crippen LogP contribution in [-0.4, -0.2) is 4.98 Å². The molecule has 1 heteroatoms. The molecular formula is C23H31N. The first-order valence-electron chi connectivity index (χ1n) is 9.88. The van der Waals surface area contributed by atoms with Crippen LogP contribution in [0.2, 0.25) is 0 Å². The van der Waals surface area contributed by atoms with Crippen molar-refractivity contribution in [3.05, 3.63) is 48.0 Å². The highest BCUT2D eigenvalue weighted by molar-refractivity contribution is 6.08. The Balaban J connectivity index is 1.49. The fourth-order valence-corrected chi connectivity index (χ4v) is 3.77. The Labute approximate surface area is 146 Å². The number of rotatable bonds is 10. The van der Waals surface area contributed by atoms with Crippen LogP contribution in [0, 0.1) is 0 Å². The van der Waals surface area contributed by atoms with Crippen LogP contribution in [-0.2, 0) is 6.42 Å². The zero-order valence-electron chi connectivity index (χ0n) is 15.1. The van der Waals surface area contributed by atoms with Gasteiger partial charge in [-0.1, -0.05) is 94.7 Å². The molecule has 0 aliphatic carbocycles. The normalized spacial score (nSPS) is 11.5. The number of hydrogen-bond donors (Lipinski definition) is 1. The van der Waals surface area contributed by atoms with Gasteiger partial charge >= 0.3 is 0 Å².